The Kier molecular flexibility index (Phi) is 6.14. The van der Waals surface area contributed by atoms with Crippen molar-refractivity contribution in [1.29, 1.82) is 0 Å². The van der Waals surface area contributed by atoms with Gasteiger partial charge in [0.25, 0.3) is 0 Å². The van der Waals surface area contributed by atoms with Gasteiger partial charge in [-0.1, -0.05) is 36.4 Å². The number of aromatic nitrogens is 1. The summed E-state index contributed by atoms with van der Waals surface area (Å²) in [6, 6.07) is 18.0. The lowest BCUT2D eigenvalue weighted by atomic mass is 10.1. The zero-order valence-corrected chi connectivity index (χ0v) is 17.6. The molecule has 1 amide bonds. The molecule has 30 heavy (non-hydrogen) atoms. The van der Waals surface area contributed by atoms with Gasteiger partial charge < -0.3 is 19.5 Å². The molecule has 6 heteroatoms. The number of likely N-dealkylation sites (N-methyl/N-ethyl adjacent to an activating group) is 1. The molecule has 0 radical (unpaired) electrons. The molecule has 0 bridgehead atoms. The second kappa shape index (κ2) is 9.13. The van der Waals surface area contributed by atoms with Gasteiger partial charge in [0.2, 0.25) is 11.8 Å². The topological polar surface area (TPSA) is 61.6 Å². The van der Waals surface area contributed by atoms with Gasteiger partial charge in [0.05, 0.1) is 12.1 Å². The fraction of sp³-hybridized carbons (Fsp3) is 0.333. The van der Waals surface area contributed by atoms with Gasteiger partial charge in [0.1, 0.15) is 5.76 Å². The molecular formula is C24H28N4O2. The third-order valence-corrected chi connectivity index (χ3v) is 5.55. The molecule has 0 atom stereocenters. The monoisotopic (exact) mass is 404 g/mol. The van der Waals surface area contributed by atoms with Crippen molar-refractivity contribution in [2.45, 2.75) is 19.9 Å². The summed E-state index contributed by atoms with van der Waals surface area (Å²) in [4.78, 5) is 21.9. The molecule has 1 saturated heterocycles. The number of benzene rings is 2. The van der Waals surface area contributed by atoms with E-state index in [1.165, 1.54) is 5.69 Å². The summed E-state index contributed by atoms with van der Waals surface area (Å²) in [6.45, 7) is 6.46. The Morgan fingerprint density at radius 2 is 1.73 bits per heavy atom. The molecule has 1 aliphatic rings. The van der Waals surface area contributed by atoms with Crippen LogP contribution in [-0.2, 0) is 17.8 Å². The SMILES string of the molecule is Cc1oc(-c2ccccc2)nc1CC(=O)NCc1ccccc1N1CCN(C)CC1. The fourth-order valence-corrected chi connectivity index (χ4v) is 3.72. The third kappa shape index (κ3) is 4.71. The van der Waals surface area contributed by atoms with Crippen molar-refractivity contribution in [3.05, 3.63) is 71.6 Å². The molecule has 1 fully saturated rings. The van der Waals surface area contributed by atoms with E-state index in [1.54, 1.807) is 0 Å². The number of nitrogens with one attached hydrogen (secondary N) is 1. The van der Waals surface area contributed by atoms with Crippen molar-refractivity contribution in [3.63, 3.8) is 0 Å². The first kappa shape index (κ1) is 20.2. The number of oxazole rings is 1. The lowest BCUT2D eigenvalue weighted by molar-refractivity contribution is -0.120. The number of para-hydroxylation sites is 1. The highest BCUT2D eigenvalue weighted by Crippen LogP contribution is 2.23. The number of hydrogen-bond acceptors (Lipinski definition) is 5. The molecule has 0 saturated carbocycles. The number of anilines is 1. The zero-order chi connectivity index (χ0) is 20.9. The van der Waals surface area contributed by atoms with E-state index in [0.717, 1.165) is 37.3 Å². The van der Waals surface area contributed by atoms with Crippen molar-refractivity contribution in [3.8, 4) is 11.5 Å². The minimum atomic E-state index is -0.0563. The fourth-order valence-electron chi connectivity index (χ4n) is 3.72. The maximum absolute atomic E-state index is 12.6. The minimum absolute atomic E-state index is 0.0563. The Bertz CT molecular complexity index is 991. The molecule has 1 aliphatic heterocycles. The van der Waals surface area contributed by atoms with E-state index >= 15 is 0 Å². The van der Waals surface area contributed by atoms with Gasteiger partial charge in [0, 0.05) is 44.0 Å². The average Bonchev–Trinajstić information content (AvgIpc) is 3.14. The van der Waals surface area contributed by atoms with Crippen LogP contribution in [-0.4, -0.2) is 49.0 Å². The number of hydrogen-bond donors (Lipinski definition) is 1. The quantitative estimate of drug-likeness (QED) is 0.683. The molecule has 3 aromatic rings. The largest absolute Gasteiger partial charge is 0.441 e. The summed E-state index contributed by atoms with van der Waals surface area (Å²) >= 11 is 0. The van der Waals surface area contributed by atoms with Gasteiger partial charge in [0.15, 0.2) is 0 Å². The summed E-state index contributed by atoms with van der Waals surface area (Å²) in [6.07, 6.45) is 0.207. The van der Waals surface area contributed by atoms with Crippen LogP contribution in [0.1, 0.15) is 17.0 Å². The highest BCUT2D eigenvalue weighted by molar-refractivity contribution is 5.78. The number of carbonyl (C=O) groups is 1. The van der Waals surface area contributed by atoms with Crippen LogP contribution in [0.5, 0.6) is 0 Å². The molecule has 0 aliphatic carbocycles. The van der Waals surface area contributed by atoms with E-state index in [9.17, 15) is 4.79 Å². The molecule has 2 heterocycles. The molecule has 1 N–H and O–H groups in total. The number of piperazine rings is 1. The third-order valence-electron chi connectivity index (χ3n) is 5.55. The Balaban J connectivity index is 1.39. The standard InChI is InChI=1S/C24H28N4O2/c1-18-21(26-24(30-18)19-8-4-3-5-9-19)16-23(29)25-17-20-10-6-7-11-22(20)28-14-12-27(2)13-15-28/h3-11H,12-17H2,1-2H3,(H,25,29). The number of aryl methyl sites for hydroxylation is 1. The summed E-state index contributed by atoms with van der Waals surface area (Å²) in [5.74, 6) is 1.18. The normalized spacial score (nSPS) is 14.7. The summed E-state index contributed by atoms with van der Waals surface area (Å²) in [5, 5.41) is 3.05. The molecule has 0 spiro atoms. The lowest BCUT2D eigenvalue weighted by Crippen LogP contribution is -2.45. The van der Waals surface area contributed by atoms with E-state index < -0.39 is 0 Å². The van der Waals surface area contributed by atoms with Crippen LogP contribution in [0.15, 0.2) is 59.0 Å². The van der Waals surface area contributed by atoms with Gasteiger partial charge in [-0.15, -0.1) is 0 Å². The highest BCUT2D eigenvalue weighted by Gasteiger charge is 2.18. The minimum Gasteiger partial charge on any atom is -0.441 e. The highest BCUT2D eigenvalue weighted by atomic mass is 16.4. The summed E-state index contributed by atoms with van der Waals surface area (Å²) in [5.41, 5.74) is 3.93. The van der Waals surface area contributed by atoms with Gasteiger partial charge in [-0.05, 0) is 37.7 Å². The Morgan fingerprint density at radius 3 is 2.50 bits per heavy atom. The molecule has 1 aromatic heterocycles. The van der Waals surface area contributed by atoms with Crippen LogP contribution >= 0.6 is 0 Å². The van der Waals surface area contributed by atoms with Crippen molar-refractivity contribution < 1.29 is 9.21 Å². The van der Waals surface area contributed by atoms with Crippen LogP contribution in [0.25, 0.3) is 11.5 Å². The first-order valence-electron chi connectivity index (χ1n) is 10.4. The maximum Gasteiger partial charge on any atom is 0.226 e. The van der Waals surface area contributed by atoms with E-state index in [0.29, 0.717) is 23.9 Å². The second-order valence-corrected chi connectivity index (χ2v) is 7.76. The molecule has 4 rings (SSSR count). The predicted octanol–water partition coefficient (Wildman–Crippen LogP) is 3.26. The zero-order valence-electron chi connectivity index (χ0n) is 17.6. The van der Waals surface area contributed by atoms with E-state index in [2.05, 4.69) is 45.3 Å². The summed E-state index contributed by atoms with van der Waals surface area (Å²) < 4.78 is 5.77. The van der Waals surface area contributed by atoms with Crippen LogP contribution < -0.4 is 10.2 Å². The first-order chi connectivity index (χ1) is 14.6. The number of amides is 1. The van der Waals surface area contributed by atoms with E-state index in [-0.39, 0.29) is 12.3 Å². The number of nitrogens with zero attached hydrogens (tertiary/aromatic N) is 3. The Hall–Kier alpha value is -3.12. The van der Waals surface area contributed by atoms with Crippen LogP contribution in [0.2, 0.25) is 0 Å². The van der Waals surface area contributed by atoms with Crippen molar-refractivity contribution in [1.82, 2.24) is 15.2 Å². The Labute approximate surface area is 177 Å². The molecule has 6 nitrogen and oxygen atoms in total. The van der Waals surface area contributed by atoms with Crippen LogP contribution in [0.3, 0.4) is 0 Å². The molecule has 156 valence electrons. The van der Waals surface area contributed by atoms with Gasteiger partial charge >= 0.3 is 0 Å². The van der Waals surface area contributed by atoms with Gasteiger partial charge in [-0.2, -0.15) is 0 Å². The van der Waals surface area contributed by atoms with E-state index in [4.69, 9.17) is 4.42 Å². The first-order valence-corrected chi connectivity index (χ1v) is 10.4. The van der Waals surface area contributed by atoms with Crippen molar-refractivity contribution >= 4 is 11.6 Å². The maximum atomic E-state index is 12.6. The van der Waals surface area contributed by atoms with Crippen LogP contribution in [0, 0.1) is 6.92 Å². The second-order valence-electron chi connectivity index (χ2n) is 7.76. The van der Waals surface area contributed by atoms with Crippen molar-refractivity contribution in [2.75, 3.05) is 38.1 Å². The number of rotatable bonds is 6. The van der Waals surface area contributed by atoms with Gasteiger partial charge in [-0.3, -0.25) is 4.79 Å². The molecular weight excluding hydrogens is 376 g/mol. The Morgan fingerprint density at radius 1 is 1.03 bits per heavy atom. The average molecular weight is 405 g/mol. The summed E-state index contributed by atoms with van der Waals surface area (Å²) in [7, 11) is 2.15. The predicted molar refractivity (Wildman–Crippen MR) is 118 cm³/mol. The molecule has 0 unspecified atom stereocenters. The van der Waals surface area contributed by atoms with Crippen molar-refractivity contribution in [2.24, 2.45) is 0 Å². The van der Waals surface area contributed by atoms with Crippen LogP contribution in [0.4, 0.5) is 5.69 Å². The smallest absolute Gasteiger partial charge is 0.226 e. The van der Waals surface area contributed by atoms with Gasteiger partial charge in [-0.25, -0.2) is 4.98 Å². The van der Waals surface area contributed by atoms with E-state index in [1.807, 2.05) is 43.3 Å². The number of carbonyl (C=O) groups excluding carboxylic acids is 1. The molecule has 2 aromatic carbocycles. The lowest BCUT2D eigenvalue weighted by Gasteiger charge is -2.35.